The zero-order valence-corrected chi connectivity index (χ0v) is 26.6. The first-order chi connectivity index (χ1) is 24.3. The standard InChI is InChI=1S/C45H31N3O/c1-2-12-31(13-3-1)43-46-44(34-25-20-28-10-4-5-14-32(28)26-34)48-45(47-43)37-17-9-19-40-42(37)41-36(16-8-18-39(41)49-40)33-24-23-30-22-21-29-11-6-7-15-35(29)38(30)27-33/h1-27,43,45,47H,(H,46,48). The van der Waals surface area contributed by atoms with E-state index >= 15 is 0 Å². The van der Waals surface area contributed by atoms with Gasteiger partial charge in [-0.15, -0.1) is 0 Å². The van der Waals surface area contributed by atoms with Crippen molar-refractivity contribution in [1.29, 1.82) is 0 Å². The Kier molecular flexibility index (Phi) is 6.36. The van der Waals surface area contributed by atoms with Gasteiger partial charge in [0, 0.05) is 21.9 Å². The fraction of sp³-hybridized carbons (Fsp3) is 0.0444. The molecule has 1 aliphatic heterocycles. The lowest BCUT2D eigenvalue weighted by molar-refractivity contribution is 0.411. The van der Waals surface area contributed by atoms with Crippen LogP contribution in [0.1, 0.15) is 29.0 Å². The Morgan fingerprint density at radius 2 is 1.16 bits per heavy atom. The minimum absolute atomic E-state index is 0.234. The van der Waals surface area contributed by atoms with Gasteiger partial charge in [-0.1, -0.05) is 140 Å². The van der Waals surface area contributed by atoms with Gasteiger partial charge in [0.1, 0.15) is 29.3 Å². The van der Waals surface area contributed by atoms with Crippen molar-refractivity contribution in [2.45, 2.75) is 12.3 Å². The highest BCUT2D eigenvalue weighted by molar-refractivity contribution is 6.16. The largest absolute Gasteiger partial charge is 0.456 e. The third-order valence-corrected chi connectivity index (χ3v) is 9.93. The second-order valence-corrected chi connectivity index (χ2v) is 12.8. The van der Waals surface area contributed by atoms with Gasteiger partial charge < -0.3 is 9.73 Å². The molecule has 4 heteroatoms. The maximum atomic E-state index is 6.59. The van der Waals surface area contributed by atoms with E-state index in [4.69, 9.17) is 9.41 Å². The van der Waals surface area contributed by atoms with Crippen molar-refractivity contribution in [3.8, 4) is 11.1 Å². The molecule has 0 aliphatic carbocycles. The van der Waals surface area contributed by atoms with Gasteiger partial charge in [0.2, 0.25) is 0 Å². The van der Waals surface area contributed by atoms with Crippen molar-refractivity contribution >= 4 is 60.1 Å². The molecule has 49 heavy (non-hydrogen) atoms. The zero-order chi connectivity index (χ0) is 32.3. The molecule has 1 aromatic heterocycles. The van der Waals surface area contributed by atoms with Crippen LogP contribution < -0.4 is 10.6 Å². The van der Waals surface area contributed by atoms with Crippen LogP contribution in [0.15, 0.2) is 173 Å². The minimum atomic E-state index is -0.240. The molecule has 10 rings (SSSR count). The van der Waals surface area contributed by atoms with Crippen LogP contribution in [0.5, 0.6) is 0 Å². The molecule has 9 aromatic rings. The van der Waals surface area contributed by atoms with Crippen LogP contribution in [-0.2, 0) is 0 Å². The third kappa shape index (κ3) is 4.68. The van der Waals surface area contributed by atoms with Crippen LogP contribution in [0.2, 0.25) is 0 Å². The number of furan rings is 1. The Morgan fingerprint density at radius 1 is 0.490 bits per heavy atom. The Labute approximate surface area is 283 Å². The average Bonchev–Trinajstić information content (AvgIpc) is 3.57. The molecule has 0 amide bonds. The summed E-state index contributed by atoms with van der Waals surface area (Å²) in [5.41, 5.74) is 7.33. The SMILES string of the molecule is c1ccc(C2N=C(c3ccc4ccccc4c3)NC(c3cccc4oc5cccc(-c6ccc7ccc8ccccc8c7c6)c5c34)N2)cc1. The monoisotopic (exact) mass is 629 g/mol. The lowest BCUT2D eigenvalue weighted by Crippen LogP contribution is -2.45. The fourth-order valence-electron chi connectivity index (χ4n) is 7.55. The molecule has 232 valence electrons. The molecule has 4 nitrogen and oxygen atoms in total. The second-order valence-electron chi connectivity index (χ2n) is 12.8. The van der Waals surface area contributed by atoms with Crippen molar-refractivity contribution in [1.82, 2.24) is 10.6 Å². The van der Waals surface area contributed by atoms with E-state index in [1.54, 1.807) is 0 Å². The number of benzene rings is 8. The number of fused-ring (bicyclic) bond motifs is 7. The Balaban J connectivity index is 1.15. The van der Waals surface area contributed by atoms with Crippen LogP contribution in [0.3, 0.4) is 0 Å². The first-order valence-electron chi connectivity index (χ1n) is 16.8. The quantitative estimate of drug-likeness (QED) is 0.190. The van der Waals surface area contributed by atoms with E-state index in [0.29, 0.717) is 0 Å². The van der Waals surface area contributed by atoms with E-state index in [0.717, 1.165) is 55.6 Å². The van der Waals surface area contributed by atoms with E-state index in [1.165, 1.54) is 32.3 Å². The van der Waals surface area contributed by atoms with E-state index < -0.39 is 0 Å². The van der Waals surface area contributed by atoms with Crippen molar-refractivity contribution in [3.63, 3.8) is 0 Å². The Hall–Kier alpha value is -6.23. The molecular formula is C45H31N3O. The number of nitrogens with zero attached hydrogens (tertiary/aromatic N) is 1. The van der Waals surface area contributed by atoms with Gasteiger partial charge in [0.15, 0.2) is 0 Å². The number of rotatable bonds is 4. The normalized spacial score (nSPS) is 16.4. The summed E-state index contributed by atoms with van der Waals surface area (Å²) in [5, 5.41) is 17.2. The van der Waals surface area contributed by atoms with E-state index in [1.807, 2.05) is 6.07 Å². The summed E-state index contributed by atoms with van der Waals surface area (Å²) in [6.07, 6.45) is -0.474. The Morgan fingerprint density at radius 3 is 2.04 bits per heavy atom. The molecule has 0 radical (unpaired) electrons. The third-order valence-electron chi connectivity index (χ3n) is 9.93. The summed E-state index contributed by atoms with van der Waals surface area (Å²) in [6.45, 7) is 0. The first kappa shape index (κ1) is 27.8. The summed E-state index contributed by atoms with van der Waals surface area (Å²) < 4.78 is 6.59. The summed E-state index contributed by atoms with van der Waals surface area (Å²) in [4.78, 5) is 5.22. The first-order valence-corrected chi connectivity index (χ1v) is 16.8. The van der Waals surface area contributed by atoms with Crippen molar-refractivity contribution in [3.05, 3.63) is 180 Å². The fourth-order valence-corrected chi connectivity index (χ4v) is 7.55. The molecule has 1 aliphatic rings. The highest BCUT2D eigenvalue weighted by Gasteiger charge is 2.28. The van der Waals surface area contributed by atoms with Crippen LogP contribution in [0, 0.1) is 0 Å². The number of hydrogen-bond acceptors (Lipinski definition) is 4. The van der Waals surface area contributed by atoms with Gasteiger partial charge >= 0.3 is 0 Å². The second kappa shape index (κ2) is 11.2. The van der Waals surface area contributed by atoms with Gasteiger partial charge in [-0.05, 0) is 73.3 Å². The summed E-state index contributed by atoms with van der Waals surface area (Å²) >= 11 is 0. The maximum absolute atomic E-state index is 6.59. The number of amidine groups is 1. The zero-order valence-electron chi connectivity index (χ0n) is 26.6. The van der Waals surface area contributed by atoms with Gasteiger partial charge in [-0.25, -0.2) is 4.99 Å². The van der Waals surface area contributed by atoms with Crippen molar-refractivity contribution in [2.24, 2.45) is 4.99 Å². The highest BCUT2D eigenvalue weighted by Crippen LogP contribution is 2.41. The molecule has 2 N–H and O–H groups in total. The van der Waals surface area contributed by atoms with Crippen LogP contribution in [-0.4, -0.2) is 5.84 Å². The predicted molar refractivity (Wildman–Crippen MR) is 203 cm³/mol. The Bertz CT molecular complexity index is 2740. The molecule has 2 heterocycles. The van der Waals surface area contributed by atoms with E-state index in [9.17, 15) is 0 Å². The maximum Gasteiger partial charge on any atom is 0.136 e. The van der Waals surface area contributed by atoms with Crippen LogP contribution in [0.25, 0.3) is 65.4 Å². The average molecular weight is 630 g/mol. The topological polar surface area (TPSA) is 49.6 Å². The lowest BCUT2D eigenvalue weighted by atomic mass is 9.93. The van der Waals surface area contributed by atoms with E-state index in [-0.39, 0.29) is 12.3 Å². The molecule has 0 fully saturated rings. The molecule has 0 bridgehead atoms. The van der Waals surface area contributed by atoms with Gasteiger partial charge in [0.25, 0.3) is 0 Å². The summed E-state index contributed by atoms with van der Waals surface area (Å²) in [5.74, 6) is 0.856. The molecule has 0 spiro atoms. The highest BCUT2D eigenvalue weighted by atomic mass is 16.3. The predicted octanol–water partition coefficient (Wildman–Crippen LogP) is 11.0. The van der Waals surface area contributed by atoms with Gasteiger partial charge in [0.05, 0.1) is 0 Å². The van der Waals surface area contributed by atoms with Crippen LogP contribution >= 0.6 is 0 Å². The summed E-state index contributed by atoms with van der Waals surface area (Å²) in [6, 6.07) is 58.1. The number of aliphatic imine (C=N–C) groups is 1. The van der Waals surface area contributed by atoms with Gasteiger partial charge in [-0.3, -0.25) is 5.32 Å². The van der Waals surface area contributed by atoms with Gasteiger partial charge in [-0.2, -0.15) is 0 Å². The number of nitrogens with one attached hydrogen (secondary N) is 2. The van der Waals surface area contributed by atoms with Crippen molar-refractivity contribution in [2.75, 3.05) is 0 Å². The summed E-state index contributed by atoms with van der Waals surface area (Å²) in [7, 11) is 0. The minimum Gasteiger partial charge on any atom is -0.456 e. The molecule has 2 atom stereocenters. The number of hydrogen-bond donors (Lipinski definition) is 2. The van der Waals surface area contributed by atoms with Crippen LogP contribution in [0.4, 0.5) is 0 Å². The molecule has 2 unspecified atom stereocenters. The van der Waals surface area contributed by atoms with E-state index in [2.05, 4.69) is 168 Å². The lowest BCUT2D eigenvalue weighted by Gasteiger charge is -2.32. The molecular weight excluding hydrogens is 599 g/mol. The molecule has 0 saturated carbocycles. The molecule has 8 aromatic carbocycles. The van der Waals surface area contributed by atoms with Crippen molar-refractivity contribution < 1.29 is 4.42 Å². The molecule has 0 saturated heterocycles. The smallest absolute Gasteiger partial charge is 0.136 e.